The van der Waals surface area contributed by atoms with E-state index in [1.807, 2.05) is 42.5 Å². The predicted octanol–water partition coefficient (Wildman–Crippen LogP) is 3.45. The molecule has 3 aromatic rings. The van der Waals surface area contributed by atoms with E-state index in [-0.39, 0.29) is 6.04 Å². The highest BCUT2D eigenvalue weighted by Crippen LogP contribution is 2.31. The highest BCUT2D eigenvalue weighted by Gasteiger charge is 2.25. The number of hydrogen-bond acceptors (Lipinski definition) is 5. The second kappa shape index (κ2) is 8.43. The summed E-state index contributed by atoms with van der Waals surface area (Å²) in [7, 11) is 0. The summed E-state index contributed by atoms with van der Waals surface area (Å²) in [6.45, 7) is 0.480. The number of nitrogens with zero attached hydrogens (tertiary/aromatic N) is 1. The number of carbonyl (C=O) groups excluding carboxylic acids is 2. The summed E-state index contributed by atoms with van der Waals surface area (Å²) in [6, 6.07) is 19.5. The Hall–Kier alpha value is -3.87. The first-order valence-electron chi connectivity index (χ1n) is 9.21. The number of fused-ring (bicyclic) bond motifs is 1. The molecule has 0 spiro atoms. The monoisotopic (exact) mass is 389 g/mol. The molecule has 0 radical (unpaired) electrons. The Balaban J connectivity index is 1.39. The third-order valence-corrected chi connectivity index (χ3v) is 4.43. The smallest absolute Gasteiger partial charge is 0.313 e. The van der Waals surface area contributed by atoms with Crippen molar-refractivity contribution in [2.24, 2.45) is 0 Å². The summed E-state index contributed by atoms with van der Waals surface area (Å²) in [5, 5.41) is 5.35. The molecular weight excluding hydrogens is 370 g/mol. The molecule has 4 rings (SSSR count). The second-order valence-electron chi connectivity index (χ2n) is 6.45. The van der Waals surface area contributed by atoms with E-state index in [0.29, 0.717) is 30.3 Å². The highest BCUT2D eigenvalue weighted by molar-refractivity contribution is 6.39. The van der Waals surface area contributed by atoms with Crippen molar-refractivity contribution >= 4 is 17.5 Å². The predicted molar refractivity (Wildman–Crippen MR) is 107 cm³/mol. The minimum atomic E-state index is -0.758. The molecule has 0 fully saturated rings. The first-order chi connectivity index (χ1) is 14.2. The number of amides is 2. The molecule has 2 amide bonds. The zero-order valence-electron chi connectivity index (χ0n) is 15.5. The van der Waals surface area contributed by atoms with Gasteiger partial charge >= 0.3 is 11.8 Å². The Kier molecular flexibility index (Phi) is 5.38. The molecule has 1 aromatic heterocycles. The minimum Gasteiger partial charge on any atom is -0.493 e. The molecular formula is C22H19N3O4. The van der Waals surface area contributed by atoms with Crippen LogP contribution in [0.25, 0.3) is 0 Å². The van der Waals surface area contributed by atoms with Gasteiger partial charge in [-0.05, 0) is 24.3 Å². The van der Waals surface area contributed by atoms with Crippen LogP contribution in [0.5, 0.6) is 17.4 Å². The average Bonchev–Trinajstić information content (AvgIpc) is 2.75. The van der Waals surface area contributed by atoms with Gasteiger partial charge < -0.3 is 20.1 Å². The maximum Gasteiger partial charge on any atom is 0.313 e. The van der Waals surface area contributed by atoms with Crippen LogP contribution >= 0.6 is 0 Å². The van der Waals surface area contributed by atoms with Gasteiger partial charge in [0.25, 0.3) is 0 Å². The van der Waals surface area contributed by atoms with E-state index >= 15 is 0 Å². The van der Waals surface area contributed by atoms with E-state index in [0.717, 1.165) is 11.3 Å². The zero-order valence-corrected chi connectivity index (χ0v) is 15.5. The van der Waals surface area contributed by atoms with Crippen molar-refractivity contribution in [2.75, 3.05) is 11.9 Å². The van der Waals surface area contributed by atoms with E-state index in [4.69, 9.17) is 9.47 Å². The largest absolute Gasteiger partial charge is 0.493 e. The third kappa shape index (κ3) is 4.52. The number of ether oxygens (including phenoxy) is 2. The Labute approximate surface area is 167 Å². The van der Waals surface area contributed by atoms with Crippen LogP contribution in [-0.4, -0.2) is 23.4 Å². The zero-order chi connectivity index (χ0) is 20.1. The van der Waals surface area contributed by atoms with Crippen LogP contribution in [0, 0.1) is 0 Å². The van der Waals surface area contributed by atoms with Crippen molar-refractivity contribution in [2.45, 2.75) is 12.5 Å². The van der Waals surface area contributed by atoms with Crippen molar-refractivity contribution in [3.8, 4) is 17.4 Å². The number of para-hydroxylation sites is 2. The molecule has 146 valence electrons. The lowest BCUT2D eigenvalue weighted by Gasteiger charge is -2.26. The minimum absolute atomic E-state index is 0.271. The number of hydrogen-bond donors (Lipinski definition) is 2. The van der Waals surface area contributed by atoms with Gasteiger partial charge in [0.05, 0.1) is 12.6 Å². The molecule has 0 saturated carbocycles. The average molecular weight is 389 g/mol. The van der Waals surface area contributed by atoms with Crippen LogP contribution in [0.15, 0.2) is 72.9 Å². The maximum absolute atomic E-state index is 12.4. The van der Waals surface area contributed by atoms with Crippen molar-refractivity contribution in [3.63, 3.8) is 0 Å². The normalized spacial score (nSPS) is 14.8. The summed E-state index contributed by atoms with van der Waals surface area (Å²) in [6.07, 6.45) is 2.10. The van der Waals surface area contributed by atoms with E-state index in [9.17, 15) is 9.59 Å². The van der Waals surface area contributed by atoms with Crippen molar-refractivity contribution in [1.82, 2.24) is 10.3 Å². The van der Waals surface area contributed by atoms with Gasteiger partial charge in [-0.3, -0.25) is 9.59 Å². The fourth-order valence-electron chi connectivity index (χ4n) is 3.06. The van der Waals surface area contributed by atoms with Gasteiger partial charge in [0.2, 0.25) is 5.88 Å². The van der Waals surface area contributed by atoms with E-state index in [1.165, 1.54) is 6.20 Å². The summed E-state index contributed by atoms with van der Waals surface area (Å²) < 4.78 is 11.2. The number of anilines is 1. The molecule has 1 unspecified atom stereocenters. The molecule has 1 atom stereocenters. The molecule has 0 bridgehead atoms. The molecule has 0 saturated heterocycles. The molecule has 29 heavy (non-hydrogen) atoms. The Bertz CT molecular complexity index is 1020. The summed E-state index contributed by atoms with van der Waals surface area (Å²) in [5.41, 5.74) is 1.28. The van der Waals surface area contributed by atoms with Gasteiger partial charge in [-0.2, -0.15) is 0 Å². The van der Waals surface area contributed by atoms with Crippen molar-refractivity contribution in [1.29, 1.82) is 0 Å². The van der Waals surface area contributed by atoms with Crippen LogP contribution in [0.4, 0.5) is 5.69 Å². The number of pyridine rings is 1. The quantitative estimate of drug-likeness (QED) is 0.667. The summed E-state index contributed by atoms with van der Waals surface area (Å²) in [5.74, 6) is 0.188. The van der Waals surface area contributed by atoms with Crippen LogP contribution in [-0.2, 0) is 9.59 Å². The number of carbonyl (C=O) groups is 2. The lowest BCUT2D eigenvalue weighted by molar-refractivity contribution is -0.136. The lowest BCUT2D eigenvalue weighted by Crippen LogP contribution is -2.39. The molecule has 7 nitrogen and oxygen atoms in total. The van der Waals surface area contributed by atoms with Gasteiger partial charge in [-0.25, -0.2) is 4.98 Å². The number of aromatic nitrogens is 1. The van der Waals surface area contributed by atoms with Crippen molar-refractivity contribution < 1.29 is 19.1 Å². The van der Waals surface area contributed by atoms with E-state index in [2.05, 4.69) is 15.6 Å². The molecule has 7 heteroatoms. The van der Waals surface area contributed by atoms with E-state index < -0.39 is 11.8 Å². The van der Waals surface area contributed by atoms with Crippen LogP contribution in [0.2, 0.25) is 0 Å². The van der Waals surface area contributed by atoms with Gasteiger partial charge in [0.15, 0.2) is 0 Å². The van der Waals surface area contributed by atoms with Gasteiger partial charge in [0.1, 0.15) is 11.5 Å². The van der Waals surface area contributed by atoms with E-state index in [1.54, 1.807) is 24.3 Å². The SMILES string of the molecule is O=C(Nc1ccnc(Oc2ccccc2)c1)C(=O)NC1CCOc2ccccc21. The van der Waals surface area contributed by atoms with Gasteiger partial charge in [0, 0.05) is 29.9 Å². The summed E-state index contributed by atoms with van der Waals surface area (Å²) in [4.78, 5) is 28.9. The molecule has 1 aliphatic rings. The topological polar surface area (TPSA) is 89.5 Å². The van der Waals surface area contributed by atoms with Crippen LogP contribution < -0.4 is 20.1 Å². The number of rotatable bonds is 4. The van der Waals surface area contributed by atoms with Crippen LogP contribution in [0.3, 0.4) is 0 Å². The second-order valence-corrected chi connectivity index (χ2v) is 6.45. The Morgan fingerprint density at radius 1 is 1.00 bits per heavy atom. The van der Waals surface area contributed by atoms with Crippen LogP contribution in [0.1, 0.15) is 18.0 Å². The summed E-state index contributed by atoms with van der Waals surface area (Å²) >= 11 is 0. The molecule has 2 heterocycles. The maximum atomic E-state index is 12.4. The lowest BCUT2D eigenvalue weighted by atomic mass is 10.0. The van der Waals surface area contributed by atoms with Gasteiger partial charge in [-0.15, -0.1) is 0 Å². The molecule has 0 aliphatic carbocycles. The fraction of sp³-hybridized carbons (Fsp3) is 0.136. The fourth-order valence-corrected chi connectivity index (χ4v) is 3.06. The molecule has 2 aromatic carbocycles. The molecule has 2 N–H and O–H groups in total. The first-order valence-corrected chi connectivity index (χ1v) is 9.21. The third-order valence-electron chi connectivity index (χ3n) is 4.43. The Morgan fingerprint density at radius 2 is 1.79 bits per heavy atom. The highest BCUT2D eigenvalue weighted by atomic mass is 16.5. The number of benzene rings is 2. The number of nitrogens with one attached hydrogen (secondary N) is 2. The molecule has 1 aliphatic heterocycles. The van der Waals surface area contributed by atoms with Gasteiger partial charge in [-0.1, -0.05) is 36.4 Å². The first kappa shape index (κ1) is 18.5. The Morgan fingerprint density at radius 3 is 2.66 bits per heavy atom. The van der Waals surface area contributed by atoms with Crippen molar-refractivity contribution in [3.05, 3.63) is 78.5 Å². The standard InChI is InChI=1S/C22H19N3O4/c26-21(22(27)25-18-11-13-28-19-9-5-4-8-17(18)19)24-15-10-12-23-20(14-15)29-16-6-2-1-3-7-16/h1-10,12,14,18H,11,13H2,(H,25,27)(H,23,24,26).